The molecule has 0 spiro atoms. The van der Waals surface area contributed by atoms with Gasteiger partial charge in [-0.25, -0.2) is 0 Å². The topological polar surface area (TPSA) is 259 Å². The Morgan fingerprint density at radius 1 is 0.696 bits per heavy atom. The van der Waals surface area contributed by atoms with E-state index in [0.29, 0.717) is 84.0 Å². The molecule has 18 nitrogen and oxygen atoms in total. The highest BCUT2D eigenvalue weighted by atomic mass is 16.3. The van der Waals surface area contributed by atoms with Crippen LogP contribution in [0.25, 0.3) is 0 Å². The molecule has 3 rings (SSSR count). The minimum absolute atomic E-state index is 0.0123. The van der Waals surface area contributed by atoms with E-state index in [4.69, 9.17) is 10.2 Å². The van der Waals surface area contributed by atoms with Gasteiger partial charge in [-0.05, 0) is 140 Å². The number of benzene rings is 1. The van der Waals surface area contributed by atoms with Crippen LogP contribution in [0.3, 0.4) is 0 Å². The summed E-state index contributed by atoms with van der Waals surface area (Å²) in [6.07, 6.45) is 19.8. The molecule has 9 N–H and O–H groups in total. The molecule has 2 fully saturated rings. The van der Waals surface area contributed by atoms with E-state index in [9.17, 15) is 38.7 Å². The van der Waals surface area contributed by atoms with E-state index in [0.717, 1.165) is 101 Å². The molecule has 2 heterocycles. The van der Waals surface area contributed by atoms with Gasteiger partial charge in [0.2, 0.25) is 29.5 Å². The monoisotopic (exact) mass is 1110 g/mol. The fraction of sp³-hybridized carbons (Fsp3) is 0.754. The van der Waals surface area contributed by atoms with Crippen LogP contribution in [0.5, 0.6) is 5.75 Å². The Labute approximate surface area is 475 Å². The number of hydrogen-bond donors (Lipinski definition) is 9. The number of hydrogen-bond acceptors (Lipinski definition) is 13. The molecule has 0 radical (unpaired) electrons. The number of nitrogens with one attached hydrogen (secondary N) is 6. The zero-order valence-electron chi connectivity index (χ0n) is 50.0. The zero-order valence-corrected chi connectivity index (χ0v) is 50.0. The molecule has 0 saturated carbocycles. The number of allylic oxidation sites excluding steroid dienone is 1. The maximum Gasteiger partial charge on any atom is 0.245 e. The van der Waals surface area contributed by atoms with Gasteiger partial charge in [0.15, 0.2) is 0 Å². The predicted octanol–water partition coefficient (Wildman–Crippen LogP) is 7.15. The number of amides is 5. The summed E-state index contributed by atoms with van der Waals surface area (Å²) in [5.74, 6) is -0.423. The molecule has 452 valence electrons. The quantitative estimate of drug-likeness (QED) is 0.0234. The third-order valence-corrected chi connectivity index (χ3v) is 15.2. The molecule has 8 atom stereocenters. The van der Waals surface area contributed by atoms with Crippen LogP contribution in [0.1, 0.15) is 200 Å². The second-order valence-corrected chi connectivity index (χ2v) is 21.9. The first-order valence-electron chi connectivity index (χ1n) is 30.0. The smallest absolute Gasteiger partial charge is 0.245 e. The molecule has 2 saturated heterocycles. The van der Waals surface area contributed by atoms with Crippen molar-refractivity contribution in [2.75, 3.05) is 60.5 Å². The van der Waals surface area contributed by atoms with Gasteiger partial charge in [0.05, 0.1) is 12.1 Å². The first kappa shape index (κ1) is 72.1. The minimum atomic E-state index is -0.801. The molecule has 2 aliphatic rings. The van der Waals surface area contributed by atoms with E-state index in [1.165, 1.54) is 39.0 Å². The number of aliphatic hydroxyl groups is 2. The van der Waals surface area contributed by atoms with E-state index < -0.39 is 36.2 Å². The highest BCUT2D eigenvalue weighted by Crippen LogP contribution is 2.24. The Morgan fingerprint density at radius 2 is 1.30 bits per heavy atom. The second kappa shape index (κ2) is 43.8. The Morgan fingerprint density at radius 3 is 1.95 bits per heavy atom. The van der Waals surface area contributed by atoms with Gasteiger partial charge in [0.1, 0.15) is 35.9 Å². The number of carbonyl (C=O) groups is 7. The number of carbonyl (C=O) groups excluding carboxylic acids is 7. The zero-order chi connectivity index (χ0) is 59.0. The first-order chi connectivity index (χ1) is 38.0. The number of aromatic hydroxyl groups is 1. The fourth-order valence-electron chi connectivity index (χ4n) is 10.4. The Hall–Kier alpha value is -4.91. The van der Waals surface area contributed by atoms with Crippen molar-refractivity contribution in [1.29, 1.82) is 0 Å². The molecule has 79 heavy (non-hydrogen) atoms. The van der Waals surface area contributed by atoms with Gasteiger partial charge in [0, 0.05) is 71.2 Å². The van der Waals surface area contributed by atoms with E-state index in [-0.39, 0.29) is 54.0 Å². The van der Waals surface area contributed by atoms with Crippen molar-refractivity contribution in [3.63, 3.8) is 0 Å². The van der Waals surface area contributed by atoms with Crippen molar-refractivity contribution in [3.05, 3.63) is 42.1 Å². The van der Waals surface area contributed by atoms with Gasteiger partial charge >= 0.3 is 0 Å². The Balaban J connectivity index is 0.00000194. The molecular weight excluding hydrogens is 1000 g/mol. The summed E-state index contributed by atoms with van der Waals surface area (Å²) in [6, 6.07) is 3.83. The number of likely N-dealkylation sites (tertiary alicyclic amines) is 2. The van der Waals surface area contributed by atoms with Crippen LogP contribution in [0.15, 0.2) is 36.5 Å². The number of nitrogens with zero attached hydrogens (tertiary/aromatic N) is 2. The summed E-state index contributed by atoms with van der Waals surface area (Å²) in [4.78, 5) is 94.9. The lowest BCUT2D eigenvalue weighted by Crippen LogP contribution is -2.53. The number of ketones is 1. The lowest BCUT2D eigenvalue weighted by atomic mass is 9.91. The van der Waals surface area contributed by atoms with Crippen molar-refractivity contribution in [1.82, 2.24) is 41.7 Å². The Kier molecular flexibility index (Phi) is 40.0. The lowest BCUT2D eigenvalue weighted by molar-refractivity contribution is -0.141. The summed E-state index contributed by atoms with van der Waals surface area (Å²) < 4.78 is 0. The van der Waals surface area contributed by atoms with E-state index in [2.05, 4.69) is 59.3 Å². The molecule has 0 bridgehead atoms. The van der Waals surface area contributed by atoms with Gasteiger partial charge in [-0.15, -0.1) is 0 Å². The molecule has 0 aromatic heterocycles. The highest BCUT2D eigenvalue weighted by Gasteiger charge is 2.38. The van der Waals surface area contributed by atoms with Crippen molar-refractivity contribution in [2.45, 2.75) is 219 Å². The predicted molar refractivity (Wildman–Crippen MR) is 315 cm³/mol. The fourth-order valence-corrected chi connectivity index (χ4v) is 10.4. The number of phenols is 1. The van der Waals surface area contributed by atoms with Gasteiger partial charge in [-0.1, -0.05) is 97.8 Å². The minimum Gasteiger partial charge on any atom is -0.508 e. The molecule has 8 unspecified atom stereocenters. The van der Waals surface area contributed by atoms with E-state index >= 15 is 0 Å². The van der Waals surface area contributed by atoms with Gasteiger partial charge in [-0.2, -0.15) is 0 Å². The summed E-state index contributed by atoms with van der Waals surface area (Å²) in [5, 5.41) is 43.5. The van der Waals surface area contributed by atoms with Crippen molar-refractivity contribution < 1.29 is 48.9 Å². The second-order valence-electron chi connectivity index (χ2n) is 21.9. The number of likely N-dealkylation sites (N-methyl/N-ethyl adjacent to an activating group) is 1. The molecule has 0 aliphatic carbocycles. The summed E-state index contributed by atoms with van der Waals surface area (Å²) in [7, 11) is 4.73. The van der Waals surface area contributed by atoms with Crippen LogP contribution in [-0.4, -0.2) is 151 Å². The van der Waals surface area contributed by atoms with Gasteiger partial charge in [-0.3, -0.25) is 28.8 Å². The lowest BCUT2D eigenvalue weighted by Gasteiger charge is -2.29. The maximum absolute atomic E-state index is 13.8. The largest absolute Gasteiger partial charge is 0.508 e. The molecule has 5 amide bonds. The van der Waals surface area contributed by atoms with Gasteiger partial charge in [0.25, 0.3) is 0 Å². The number of rotatable bonds is 40. The molecule has 1 aromatic carbocycles. The van der Waals surface area contributed by atoms with Crippen molar-refractivity contribution in [3.8, 4) is 5.75 Å². The summed E-state index contributed by atoms with van der Waals surface area (Å²) >= 11 is 0. The van der Waals surface area contributed by atoms with Gasteiger partial charge < -0.3 is 61.8 Å². The standard InChI is InChI=1S/C51H91N7O7.C9H13NO2.CH4O/c1-8-38(3)35-39(4)23-15-12-10-11-13-17-27-44(61)36-42(48(62)56-45(9-2)50(64)57-33-21-26-43(57)37-59)25-19-32-54-49(63)47-29-22-34-58(47)51(65)46(55-41(6)60)28-20-31-53-40(5)24-16-14-18-30-52-7;1-10-6-9(12)7-2-4-8(11)5-3-7;1-2/h37-39,42-43,45-47,52-53H,5,8-36H2,1-4,6-7H3,(H,54,63)(H,55,60)(H,56,62);2-5,9-12H,6H2,1H3;2H,1H3. The molecule has 2 aliphatic heterocycles. The average molecular weight is 1110 g/mol. The maximum atomic E-state index is 13.8. The molecule has 18 heteroatoms. The highest BCUT2D eigenvalue weighted by molar-refractivity contribution is 5.93. The number of aldehydes is 1. The van der Waals surface area contributed by atoms with Crippen LogP contribution in [0, 0.1) is 17.8 Å². The van der Waals surface area contributed by atoms with Crippen LogP contribution < -0.4 is 31.9 Å². The third-order valence-electron chi connectivity index (χ3n) is 15.2. The summed E-state index contributed by atoms with van der Waals surface area (Å²) in [5.41, 5.74) is 1.77. The van der Waals surface area contributed by atoms with E-state index in [1.54, 1.807) is 41.1 Å². The number of phenolic OH excluding ortho intramolecular Hbond substituents is 1. The first-order valence-corrected chi connectivity index (χ1v) is 30.0. The molecule has 1 aromatic rings. The van der Waals surface area contributed by atoms with Crippen molar-refractivity contribution in [2.24, 2.45) is 17.8 Å². The summed E-state index contributed by atoms with van der Waals surface area (Å²) in [6.45, 7) is 17.5. The normalized spacial score (nSPS) is 17.1. The SMILES string of the molecule is C=C(CCCCCNC)NCCCC(NC(C)=O)C(=O)N1CCCC1C(=O)NCCCC(CC(=O)CCCCCCCCC(C)CC(C)CC)C(=O)NC(CC)C(=O)N1CCCC1C=O.CNCC(O)c1ccc(O)cc1.CO. The van der Waals surface area contributed by atoms with E-state index in [1.807, 2.05) is 14.0 Å². The van der Waals surface area contributed by atoms with Crippen molar-refractivity contribution >= 4 is 41.6 Å². The Bertz CT molecular complexity index is 1890. The third kappa shape index (κ3) is 30.5. The van der Waals surface area contributed by atoms with Crippen LogP contribution in [-0.2, 0) is 33.6 Å². The number of unbranched alkanes of at least 4 members (excludes halogenated alkanes) is 7. The average Bonchev–Trinajstić information content (AvgIpc) is 4.15. The number of aliphatic hydroxyl groups excluding tert-OH is 2. The van der Waals surface area contributed by atoms with Crippen LogP contribution in [0.2, 0.25) is 0 Å². The number of Topliss-reactive ketones (excluding diaryl/α,β-unsaturated/α-hetero) is 1. The molecular formula is C61H108N8O10. The van der Waals surface area contributed by atoms with Crippen LogP contribution in [0.4, 0.5) is 0 Å². The van der Waals surface area contributed by atoms with Crippen LogP contribution >= 0.6 is 0 Å².